The Kier molecular flexibility index (Phi) is 8.59. The van der Waals surface area contributed by atoms with Crippen molar-refractivity contribution in [3.05, 3.63) is 69.9 Å². The predicted octanol–water partition coefficient (Wildman–Crippen LogP) is 4.34. The zero-order valence-corrected chi connectivity index (χ0v) is 21.6. The first-order chi connectivity index (χ1) is 18.0. The van der Waals surface area contributed by atoms with Gasteiger partial charge in [0.25, 0.3) is 0 Å². The third-order valence-electron chi connectivity index (χ3n) is 6.10. The summed E-state index contributed by atoms with van der Waals surface area (Å²) in [4.78, 5) is 32.1. The first-order valence-electron chi connectivity index (χ1n) is 11.9. The number of fused-ring (bicyclic) bond motifs is 1. The number of aryl methyl sites for hydroxylation is 1. The number of nitrogens with zero attached hydrogens (tertiary/aromatic N) is 3. The minimum Gasteiger partial charge on any atom is -0.497 e. The fraction of sp³-hybridized carbons (Fsp3) is 0.333. The highest BCUT2D eigenvalue weighted by Gasteiger charge is 2.28. The van der Waals surface area contributed by atoms with Gasteiger partial charge in [-0.1, -0.05) is 6.07 Å². The lowest BCUT2D eigenvalue weighted by molar-refractivity contribution is -0.116. The van der Waals surface area contributed by atoms with E-state index in [1.807, 2.05) is 30.3 Å². The molecule has 0 bridgehead atoms. The number of carbonyl (C=O) groups excluding carboxylic acids is 2. The lowest BCUT2D eigenvalue weighted by Gasteiger charge is -2.26. The van der Waals surface area contributed by atoms with Crippen LogP contribution < -0.4 is 14.8 Å². The summed E-state index contributed by atoms with van der Waals surface area (Å²) in [6, 6.07) is 13.3. The van der Waals surface area contributed by atoms with Gasteiger partial charge in [0.2, 0.25) is 5.91 Å². The van der Waals surface area contributed by atoms with Gasteiger partial charge in [-0.2, -0.15) is 5.26 Å². The summed E-state index contributed by atoms with van der Waals surface area (Å²) in [5, 5.41) is 13.2. The van der Waals surface area contributed by atoms with Crippen molar-refractivity contribution < 1.29 is 23.8 Å². The van der Waals surface area contributed by atoms with Crippen LogP contribution in [-0.4, -0.2) is 49.3 Å². The molecule has 0 radical (unpaired) electrons. The van der Waals surface area contributed by atoms with Gasteiger partial charge < -0.3 is 24.4 Å². The largest absolute Gasteiger partial charge is 0.497 e. The van der Waals surface area contributed by atoms with Gasteiger partial charge in [0.1, 0.15) is 22.6 Å². The number of rotatable bonds is 9. The molecule has 0 unspecified atom stereocenters. The Morgan fingerprint density at radius 2 is 2.05 bits per heavy atom. The van der Waals surface area contributed by atoms with Gasteiger partial charge in [-0.3, -0.25) is 9.78 Å². The number of anilines is 1. The second kappa shape index (κ2) is 12.2. The van der Waals surface area contributed by atoms with E-state index in [0.717, 1.165) is 21.7 Å². The maximum atomic E-state index is 12.8. The molecule has 0 aliphatic carbocycles. The van der Waals surface area contributed by atoms with Gasteiger partial charge in [-0.15, -0.1) is 11.3 Å². The number of nitriles is 1. The van der Waals surface area contributed by atoms with Crippen LogP contribution in [0.25, 0.3) is 0 Å². The SMILES string of the molecule is COc1ccc(OC)c(CCC(=O)Nc2sc3c(c2C#N)CCN(C(=O)OCCc2ccccn2)C3)c1. The number of hydrogen-bond donors (Lipinski definition) is 1. The Labute approximate surface area is 219 Å². The van der Waals surface area contributed by atoms with Gasteiger partial charge >= 0.3 is 6.09 Å². The van der Waals surface area contributed by atoms with Crippen LogP contribution in [0.5, 0.6) is 11.5 Å². The molecular formula is C27H28N4O5S. The van der Waals surface area contributed by atoms with E-state index in [1.165, 1.54) is 11.3 Å². The molecule has 0 spiro atoms. The van der Waals surface area contributed by atoms with Crippen LogP contribution in [0.4, 0.5) is 9.80 Å². The summed E-state index contributed by atoms with van der Waals surface area (Å²) in [6.07, 6.45) is 3.05. The summed E-state index contributed by atoms with van der Waals surface area (Å²) in [5.74, 6) is 1.17. The molecule has 4 rings (SSSR count). The van der Waals surface area contributed by atoms with E-state index in [2.05, 4.69) is 16.4 Å². The zero-order chi connectivity index (χ0) is 26.2. The fourth-order valence-corrected chi connectivity index (χ4v) is 5.39. The quantitative estimate of drug-likeness (QED) is 0.446. The average molecular weight is 521 g/mol. The first-order valence-corrected chi connectivity index (χ1v) is 12.7. The van der Waals surface area contributed by atoms with Crippen molar-refractivity contribution in [1.29, 1.82) is 5.26 Å². The van der Waals surface area contributed by atoms with Crippen molar-refractivity contribution in [3.8, 4) is 17.6 Å². The van der Waals surface area contributed by atoms with E-state index in [9.17, 15) is 14.9 Å². The van der Waals surface area contributed by atoms with Crippen LogP contribution in [0.3, 0.4) is 0 Å². The second-order valence-corrected chi connectivity index (χ2v) is 9.51. The molecule has 192 valence electrons. The van der Waals surface area contributed by atoms with E-state index in [4.69, 9.17) is 14.2 Å². The standard InChI is InChI=1S/C27H28N4O5S/c1-34-20-7-8-23(35-2)18(15-20)6-9-25(32)30-26-22(16-28)21-10-13-31(17-24(21)37-26)27(33)36-14-11-19-5-3-4-12-29-19/h3-5,7-8,12,15H,6,9-11,13-14,17H2,1-2H3,(H,30,32). The number of aromatic nitrogens is 1. The average Bonchev–Trinajstić information content (AvgIpc) is 3.28. The van der Waals surface area contributed by atoms with E-state index >= 15 is 0 Å². The number of thiophene rings is 1. The molecule has 3 heterocycles. The van der Waals surface area contributed by atoms with E-state index in [-0.39, 0.29) is 18.9 Å². The molecule has 0 fully saturated rings. The topological polar surface area (TPSA) is 114 Å². The number of methoxy groups -OCH3 is 2. The van der Waals surface area contributed by atoms with Gasteiger partial charge in [-0.05, 0) is 54.3 Å². The van der Waals surface area contributed by atoms with Crippen LogP contribution >= 0.6 is 11.3 Å². The van der Waals surface area contributed by atoms with Crippen molar-refractivity contribution in [2.75, 3.05) is 32.7 Å². The number of carbonyl (C=O) groups is 2. The normalized spacial score (nSPS) is 12.3. The maximum Gasteiger partial charge on any atom is 0.410 e. The van der Waals surface area contributed by atoms with Crippen LogP contribution in [0.1, 0.15) is 33.7 Å². The smallest absolute Gasteiger partial charge is 0.410 e. The maximum absolute atomic E-state index is 12.8. The van der Waals surface area contributed by atoms with Gasteiger partial charge in [0, 0.05) is 36.2 Å². The number of ether oxygens (including phenoxy) is 3. The van der Waals surface area contributed by atoms with E-state index in [0.29, 0.717) is 54.4 Å². The minimum absolute atomic E-state index is 0.203. The van der Waals surface area contributed by atoms with Crippen LogP contribution in [0.2, 0.25) is 0 Å². The van der Waals surface area contributed by atoms with E-state index in [1.54, 1.807) is 31.4 Å². The minimum atomic E-state index is -0.397. The van der Waals surface area contributed by atoms with E-state index < -0.39 is 6.09 Å². The number of hydrogen-bond acceptors (Lipinski definition) is 8. The van der Waals surface area contributed by atoms with Crippen molar-refractivity contribution in [2.45, 2.75) is 32.2 Å². The Balaban J connectivity index is 1.35. The van der Waals surface area contributed by atoms with Gasteiger partial charge in [-0.25, -0.2) is 4.79 Å². The summed E-state index contributed by atoms with van der Waals surface area (Å²) < 4.78 is 16.1. The zero-order valence-electron chi connectivity index (χ0n) is 20.8. The third-order valence-corrected chi connectivity index (χ3v) is 7.23. The Bertz CT molecular complexity index is 1300. The second-order valence-electron chi connectivity index (χ2n) is 8.40. The molecule has 3 aromatic rings. The summed E-state index contributed by atoms with van der Waals surface area (Å²) in [7, 11) is 3.17. The van der Waals surface area contributed by atoms with Crippen LogP contribution in [-0.2, 0) is 35.3 Å². The molecule has 0 saturated carbocycles. The molecule has 0 atom stereocenters. The molecule has 1 N–H and O–H groups in total. The third kappa shape index (κ3) is 6.37. The van der Waals surface area contributed by atoms with Crippen LogP contribution in [0.15, 0.2) is 42.6 Å². The fourth-order valence-electron chi connectivity index (χ4n) is 4.16. The lowest BCUT2D eigenvalue weighted by atomic mass is 10.0. The molecule has 1 aromatic carbocycles. The summed E-state index contributed by atoms with van der Waals surface area (Å²) in [5.41, 5.74) is 3.07. The highest BCUT2D eigenvalue weighted by Crippen LogP contribution is 2.37. The highest BCUT2D eigenvalue weighted by atomic mass is 32.1. The Morgan fingerprint density at radius 1 is 1.19 bits per heavy atom. The highest BCUT2D eigenvalue weighted by molar-refractivity contribution is 7.16. The molecule has 1 aliphatic heterocycles. The van der Waals surface area contributed by atoms with Gasteiger partial charge in [0.05, 0.1) is 32.9 Å². The van der Waals surface area contributed by atoms with Crippen molar-refractivity contribution >= 4 is 28.3 Å². The Hall–Kier alpha value is -4.10. The number of pyridine rings is 1. The van der Waals surface area contributed by atoms with Crippen molar-refractivity contribution in [2.24, 2.45) is 0 Å². The van der Waals surface area contributed by atoms with Crippen molar-refractivity contribution in [1.82, 2.24) is 9.88 Å². The van der Waals surface area contributed by atoms with Crippen LogP contribution in [0, 0.1) is 11.3 Å². The molecule has 37 heavy (non-hydrogen) atoms. The van der Waals surface area contributed by atoms with Crippen molar-refractivity contribution in [3.63, 3.8) is 0 Å². The molecule has 9 nitrogen and oxygen atoms in total. The molecule has 2 amide bonds. The summed E-state index contributed by atoms with van der Waals surface area (Å²) in [6.45, 7) is 1.03. The molecular weight excluding hydrogens is 492 g/mol. The molecule has 2 aromatic heterocycles. The monoisotopic (exact) mass is 520 g/mol. The molecule has 10 heteroatoms. The lowest BCUT2D eigenvalue weighted by Crippen LogP contribution is -2.36. The number of benzene rings is 1. The molecule has 1 aliphatic rings. The first kappa shape index (κ1) is 26.0. The number of nitrogens with one attached hydrogen (secondary N) is 1. The van der Waals surface area contributed by atoms with Gasteiger partial charge in [0.15, 0.2) is 0 Å². The summed E-state index contributed by atoms with van der Waals surface area (Å²) >= 11 is 1.33. The number of amides is 2. The predicted molar refractivity (Wildman–Crippen MR) is 139 cm³/mol. The Morgan fingerprint density at radius 3 is 2.78 bits per heavy atom. The molecule has 0 saturated heterocycles.